The Balaban J connectivity index is 2.34. The zero-order chi connectivity index (χ0) is 14.7. The Bertz CT molecular complexity index is 534. The molecule has 1 aliphatic heterocycles. The standard InChI is InChI=1S/C12H16N4O4/c1-13-11-5-9(10(6-14-11)16(19)20)12(18)15-4-2-3-8(17)7-15/h5-6,8,17H,2-4,7H2,1H3,(H,13,14). The zero-order valence-corrected chi connectivity index (χ0v) is 11.1. The molecule has 1 aromatic heterocycles. The fraction of sp³-hybridized carbons (Fsp3) is 0.500. The number of hydrogen-bond acceptors (Lipinski definition) is 6. The van der Waals surface area contributed by atoms with Gasteiger partial charge in [-0.25, -0.2) is 4.98 Å². The number of rotatable bonds is 3. The Kier molecular flexibility index (Phi) is 4.14. The Morgan fingerprint density at radius 1 is 1.65 bits per heavy atom. The van der Waals surface area contributed by atoms with Crippen LogP contribution < -0.4 is 5.32 Å². The van der Waals surface area contributed by atoms with E-state index in [2.05, 4.69) is 10.3 Å². The van der Waals surface area contributed by atoms with Crippen LogP contribution in [0.3, 0.4) is 0 Å². The second-order valence-corrected chi connectivity index (χ2v) is 4.64. The van der Waals surface area contributed by atoms with Gasteiger partial charge in [0.25, 0.3) is 11.6 Å². The van der Waals surface area contributed by atoms with Crippen LogP contribution in [0.25, 0.3) is 0 Å². The highest BCUT2D eigenvalue weighted by atomic mass is 16.6. The van der Waals surface area contributed by atoms with Crippen molar-refractivity contribution in [2.24, 2.45) is 0 Å². The summed E-state index contributed by atoms with van der Waals surface area (Å²) < 4.78 is 0. The minimum absolute atomic E-state index is 0.0107. The molecule has 0 radical (unpaired) electrons. The molecule has 8 heteroatoms. The van der Waals surface area contributed by atoms with Gasteiger partial charge in [-0.2, -0.15) is 0 Å². The van der Waals surface area contributed by atoms with E-state index in [0.717, 1.165) is 6.20 Å². The van der Waals surface area contributed by atoms with Crippen LogP contribution in [0, 0.1) is 10.1 Å². The molecular formula is C12H16N4O4. The molecule has 1 aromatic rings. The first-order chi connectivity index (χ1) is 9.52. The SMILES string of the molecule is CNc1cc(C(=O)N2CCCC(O)C2)c([N+](=O)[O-])cn1. The summed E-state index contributed by atoms with van der Waals surface area (Å²) in [6.07, 6.45) is 1.83. The van der Waals surface area contributed by atoms with E-state index in [4.69, 9.17) is 0 Å². The van der Waals surface area contributed by atoms with Gasteiger partial charge in [-0.15, -0.1) is 0 Å². The first-order valence-electron chi connectivity index (χ1n) is 6.32. The third-order valence-electron chi connectivity index (χ3n) is 3.25. The van der Waals surface area contributed by atoms with Crippen LogP contribution in [0.5, 0.6) is 0 Å². The largest absolute Gasteiger partial charge is 0.391 e. The van der Waals surface area contributed by atoms with E-state index < -0.39 is 16.9 Å². The van der Waals surface area contributed by atoms with Gasteiger partial charge in [-0.3, -0.25) is 14.9 Å². The first kappa shape index (κ1) is 14.2. The normalized spacial score (nSPS) is 18.7. The lowest BCUT2D eigenvalue weighted by Gasteiger charge is -2.30. The van der Waals surface area contributed by atoms with E-state index in [0.29, 0.717) is 25.2 Å². The van der Waals surface area contributed by atoms with Gasteiger partial charge in [0.15, 0.2) is 0 Å². The third kappa shape index (κ3) is 2.85. The minimum Gasteiger partial charge on any atom is -0.391 e. The number of hydrogen-bond donors (Lipinski definition) is 2. The van der Waals surface area contributed by atoms with Crippen molar-refractivity contribution in [2.75, 3.05) is 25.5 Å². The highest BCUT2D eigenvalue weighted by molar-refractivity contribution is 5.98. The van der Waals surface area contributed by atoms with Gasteiger partial charge in [0, 0.05) is 26.2 Å². The number of aromatic nitrogens is 1. The molecule has 1 fully saturated rings. The molecule has 1 unspecified atom stereocenters. The van der Waals surface area contributed by atoms with Crippen molar-refractivity contribution in [1.82, 2.24) is 9.88 Å². The number of nitro groups is 1. The van der Waals surface area contributed by atoms with Crippen LogP contribution in [0.1, 0.15) is 23.2 Å². The number of piperidine rings is 1. The molecule has 20 heavy (non-hydrogen) atoms. The van der Waals surface area contributed by atoms with Crippen LogP contribution in [0.2, 0.25) is 0 Å². The van der Waals surface area contributed by atoms with Crippen molar-refractivity contribution >= 4 is 17.4 Å². The van der Waals surface area contributed by atoms with Gasteiger partial charge in [0.2, 0.25) is 0 Å². The molecule has 108 valence electrons. The van der Waals surface area contributed by atoms with Gasteiger partial charge in [-0.05, 0) is 12.8 Å². The van der Waals surface area contributed by atoms with Gasteiger partial charge in [0.1, 0.15) is 17.6 Å². The topological polar surface area (TPSA) is 109 Å². The predicted molar refractivity (Wildman–Crippen MR) is 71.6 cm³/mol. The average Bonchev–Trinajstić information content (AvgIpc) is 2.45. The van der Waals surface area contributed by atoms with E-state index in [1.165, 1.54) is 11.0 Å². The Morgan fingerprint density at radius 3 is 3.00 bits per heavy atom. The summed E-state index contributed by atoms with van der Waals surface area (Å²) in [7, 11) is 1.62. The summed E-state index contributed by atoms with van der Waals surface area (Å²) in [6.45, 7) is 0.692. The van der Waals surface area contributed by atoms with Crippen LogP contribution in [0.4, 0.5) is 11.5 Å². The Morgan fingerprint density at radius 2 is 2.40 bits per heavy atom. The van der Waals surface area contributed by atoms with Crippen LogP contribution in [0.15, 0.2) is 12.3 Å². The molecule has 1 aliphatic rings. The molecule has 2 heterocycles. The van der Waals surface area contributed by atoms with Gasteiger partial charge in [-0.1, -0.05) is 0 Å². The number of carbonyl (C=O) groups is 1. The lowest BCUT2D eigenvalue weighted by atomic mass is 10.1. The number of aliphatic hydroxyl groups is 1. The molecule has 0 saturated carbocycles. The predicted octanol–water partition coefficient (Wildman–Crippen LogP) is 0.628. The smallest absolute Gasteiger partial charge is 0.300 e. The second kappa shape index (κ2) is 5.83. The number of β-amino-alcohol motifs (C(OH)–C–C–N with tert-alkyl or cyclic N) is 1. The number of anilines is 1. The summed E-state index contributed by atoms with van der Waals surface area (Å²) in [5, 5.41) is 23.3. The zero-order valence-electron chi connectivity index (χ0n) is 11.1. The monoisotopic (exact) mass is 280 g/mol. The van der Waals surface area contributed by atoms with Crippen molar-refractivity contribution in [3.63, 3.8) is 0 Å². The summed E-state index contributed by atoms with van der Waals surface area (Å²) in [6, 6.07) is 1.36. The number of nitrogens with one attached hydrogen (secondary N) is 1. The van der Waals surface area contributed by atoms with Crippen molar-refractivity contribution in [3.8, 4) is 0 Å². The molecule has 0 aliphatic carbocycles. The van der Waals surface area contributed by atoms with Crippen LogP contribution >= 0.6 is 0 Å². The number of aliphatic hydroxyl groups excluding tert-OH is 1. The minimum atomic E-state index is -0.625. The summed E-state index contributed by atoms with van der Waals surface area (Å²) in [5.41, 5.74) is -0.336. The lowest BCUT2D eigenvalue weighted by Crippen LogP contribution is -2.42. The Hall–Kier alpha value is -2.22. The maximum Gasteiger partial charge on any atom is 0.300 e. The fourth-order valence-corrected chi connectivity index (χ4v) is 2.21. The highest BCUT2D eigenvalue weighted by Gasteiger charge is 2.28. The van der Waals surface area contributed by atoms with Gasteiger partial charge >= 0.3 is 0 Å². The van der Waals surface area contributed by atoms with E-state index in [1.54, 1.807) is 7.05 Å². The third-order valence-corrected chi connectivity index (χ3v) is 3.25. The van der Waals surface area contributed by atoms with Crippen molar-refractivity contribution in [3.05, 3.63) is 27.9 Å². The molecule has 1 atom stereocenters. The number of carbonyl (C=O) groups excluding carboxylic acids is 1. The maximum absolute atomic E-state index is 12.4. The number of likely N-dealkylation sites (tertiary alicyclic amines) is 1. The van der Waals surface area contributed by atoms with Gasteiger partial charge in [0.05, 0.1) is 11.0 Å². The number of pyridine rings is 1. The van der Waals surface area contributed by atoms with E-state index in [-0.39, 0.29) is 17.8 Å². The second-order valence-electron chi connectivity index (χ2n) is 4.64. The van der Waals surface area contributed by atoms with E-state index in [9.17, 15) is 20.0 Å². The van der Waals surface area contributed by atoms with E-state index in [1.807, 2.05) is 0 Å². The van der Waals surface area contributed by atoms with Gasteiger partial charge < -0.3 is 15.3 Å². The first-order valence-corrected chi connectivity index (χ1v) is 6.32. The van der Waals surface area contributed by atoms with Crippen molar-refractivity contribution < 1.29 is 14.8 Å². The Labute approximate surface area is 115 Å². The summed E-state index contributed by atoms with van der Waals surface area (Å²) >= 11 is 0. The molecule has 8 nitrogen and oxygen atoms in total. The molecule has 0 spiro atoms. The molecule has 0 aromatic carbocycles. The molecule has 1 amide bonds. The number of amides is 1. The fourth-order valence-electron chi connectivity index (χ4n) is 2.21. The maximum atomic E-state index is 12.4. The van der Waals surface area contributed by atoms with Crippen LogP contribution in [-0.4, -0.2) is 52.1 Å². The molecule has 0 bridgehead atoms. The quantitative estimate of drug-likeness (QED) is 0.621. The molecular weight excluding hydrogens is 264 g/mol. The lowest BCUT2D eigenvalue weighted by molar-refractivity contribution is -0.385. The number of nitrogens with zero attached hydrogens (tertiary/aromatic N) is 3. The van der Waals surface area contributed by atoms with Crippen molar-refractivity contribution in [2.45, 2.75) is 18.9 Å². The molecule has 1 saturated heterocycles. The summed E-state index contributed by atoms with van der Waals surface area (Å²) in [5.74, 6) is -0.0640. The highest BCUT2D eigenvalue weighted by Crippen LogP contribution is 2.23. The molecule has 2 rings (SSSR count). The summed E-state index contributed by atoms with van der Waals surface area (Å²) in [4.78, 5) is 28.1. The van der Waals surface area contributed by atoms with Crippen LogP contribution in [-0.2, 0) is 0 Å². The van der Waals surface area contributed by atoms with Crippen molar-refractivity contribution in [1.29, 1.82) is 0 Å². The van der Waals surface area contributed by atoms with E-state index >= 15 is 0 Å². The average molecular weight is 280 g/mol. The molecule has 2 N–H and O–H groups in total.